The first-order valence-electron chi connectivity index (χ1n) is 8.07. The Kier molecular flexibility index (Phi) is 4.87. The summed E-state index contributed by atoms with van der Waals surface area (Å²) in [6.07, 6.45) is -0.178. The monoisotopic (exact) mass is 345 g/mol. The lowest BCUT2D eigenvalue weighted by molar-refractivity contribution is -0.0246. The number of hydrogen-bond acceptors (Lipinski definition) is 5. The maximum Gasteiger partial charge on any atom is 0.264 e. The molecule has 0 unspecified atom stereocenters. The minimum absolute atomic E-state index is 0.0851. The maximum atomic E-state index is 12.7. The molecule has 128 valence electrons. The lowest BCUT2D eigenvalue weighted by atomic mass is 10.1. The number of carbonyl (C=O) groups excluding carboxylic acids is 1. The van der Waals surface area contributed by atoms with Crippen LogP contribution >= 0.6 is 11.3 Å². The number of aryl methyl sites for hydroxylation is 2. The number of carbonyl (C=O) groups is 1. The van der Waals surface area contributed by atoms with Crippen LogP contribution in [0.1, 0.15) is 32.0 Å². The molecule has 0 aromatic carbocycles. The van der Waals surface area contributed by atoms with Crippen LogP contribution in [0, 0.1) is 13.8 Å². The first-order chi connectivity index (χ1) is 11.4. The van der Waals surface area contributed by atoms with Crippen LogP contribution in [0.25, 0.3) is 0 Å². The molecule has 1 saturated heterocycles. The number of rotatable bonds is 3. The molecule has 0 radical (unpaired) electrons. The molecule has 0 saturated carbocycles. The fourth-order valence-electron chi connectivity index (χ4n) is 2.82. The van der Waals surface area contributed by atoms with Gasteiger partial charge in [-0.15, -0.1) is 11.3 Å². The van der Waals surface area contributed by atoms with E-state index < -0.39 is 0 Å². The van der Waals surface area contributed by atoms with E-state index >= 15 is 0 Å². The first-order valence-corrected chi connectivity index (χ1v) is 8.89. The van der Waals surface area contributed by atoms with Crippen LogP contribution in [0.2, 0.25) is 0 Å². The number of pyridine rings is 1. The highest BCUT2D eigenvalue weighted by Gasteiger charge is 2.28. The van der Waals surface area contributed by atoms with Gasteiger partial charge in [0, 0.05) is 36.9 Å². The number of ether oxygens (including phenoxy) is 1. The van der Waals surface area contributed by atoms with Crippen LogP contribution in [-0.2, 0) is 4.74 Å². The molecule has 6 heteroatoms. The Labute approximate surface area is 146 Å². The highest BCUT2D eigenvalue weighted by Crippen LogP contribution is 2.26. The summed E-state index contributed by atoms with van der Waals surface area (Å²) in [6, 6.07) is 7.98. The van der Waals surface area contributed by atoms with E-state index in [1.54, 1.807) is 11.3 Å². The number of amides is 1. The molecule has 1 amide bonds. The average Bonchev–Trinajstić information content (AvgIpc) is 3.00. The third-order valence-electron chi connectivity index (χ3n) is 4.11. The zero-order valence-electron chi connectivity index (χ0n) is 14.6. The van der Waals surface area contributed by atoms with Crippen molar-refractivity contribution in [2.24, 2.45) is 0 Å². The van der Waals surface area contributed by atoms with E-state index in [4.69, 9.17) is 4.74 Å². The van der Waals surface area contributed by atoms with Crippen LogP contribution in [0.3, 0.4) is 0 Å². The van der Waals surface area contributed by atoms with Crippen molar-refractivity contribution in [3.63, 3.8) is 0 Å². The van der Waals surface area contributed by atoms with Crippen LogP contribution in [-0.4, -0.2) is 49.6 Å². The number of anilines is 1. The summed E-state index contributed by atoms with van der Waals surface area (Å²) < 4.78 is 5.90. The van der Waals surface area contributed by atoms with Crippen molar-refractivity contribution in [3.8, 4) is 0 Å². The lowest BCUT2D eigenvalue weighted by Gasteiger charge is -2.33. The third-order valence-corrected chi connectivity index (χ3v) is 5.10. The summed E-state index contributed by atoms with van der Waals surface area (Å²) in [5.41, 5.74) is 2.94. The summed E-state index contributed by atoms with van der Waals surface area (Å²) in [4.78, 5) is 23.2. The Hall–Kier alpha value is -1.92. The number of thiophene rings is 1. The zero-order chi connectivity index (χ0) is 17.3. The fraction of sp³-hybridized carbons (Fsp3) is 0.444. The van der Waals surface area contributed by atoms with Crippen LogP contribution < -0.4 is 4.90 Å². The number of nitrogens with zero attached hydrogens (tertiary/aromatic N) is 3. The molecule has 2 aromatic rings. The average molecular weight is 345 g/mol. The van der Waals surface area contributed by atoms with Gasteiger partial charge in [-0.1, -0.05) is 0 Å². The van der Waals surface area contributed by atoms with Gasteiger partial charge in [0.15, 0.2) is 0 Å². The topological polar surface area (TPSA) is 45.7 Å². The van der Waals surface area contributed by atoms with Crippen molar-refractivity contribution >= 4 is 22.9 Å². The van der Waals surface area contributed by atoms with Crippen molar-refractivity contribution in [2.45, 2.75) is 20.0 Å². The Morgan fingerprint density at radius 1 is 1.33 bits per heavy atom. The molecular formula is C18H23N3O2S. The van der Waals surface area contributed by atoms with E-state index in [9.17, 15) is 4.79 Å². The van der Waals surface area contributed by atoms with E-state index in [2.05, 4.69) is 9.88 Å². The molecule has 2 aromatic heterocycles. The maximum absolute atomic E-state index is 12.7. The highest BCUT2D eigenvalue weighted by molar-refractivity contribution is 7.13. The summed E-state index contributed by atoms with van der Waals surface area (Å²) in [5, 5.41) is 0. The van der Waals surface area contributed by atoms with Gasteiger partial charge >= 0.3 is 0 Å². The fourth-order valence-corrected chi connectivity index (χ4v) is 3.65. The molecule has 0 spiro atoms. The molecule has 24 heavy (non-hydrogen) atoms. The van der Waals surface area contributed by atoms with Gasteiger partial charge in [0.2, 0.25) is 0 Å². The Bertz CT molecular complexity index is 742. The highest BCUT2D eigenvalue weighted by atomic mass is 32.1. The molecule has 1 aliphatic rings. The predicted molar refractivity (Wildman–Crippen MR) is 97.0 cm³/mol. The molecule has 0 bridgehead atoms. The zero-order valence-corrected chi connectivity index (χ0v) is 15.4. The summed E-state index contributed by atoms with van der Waals surface area (Å²) >= 11 is 1.54. The van der Waals surface area contributed by atoms with Crippen molar-refractivity contribution < 1.29 is 9.53 Å². The molecule has 1 aliphatic heterocycles. The number of aromatic nitrogens is 1. The van der Waals surface area contributed by atoms with Gasteiger partial charge in [0.1, 0.15) is 6.10 Å². The molecule has 0 aliphatic carbocycles. The van der Waals surface area contributed by atoms with Crippen molar-refractivity contribution in [1.29, 1.82) is 0 Å². The second-order valence-corrected chi connectivity index (χ2v) is 7.59. The van der Waals surface area contributed by atoms with E-state index in [0.29, 0.717) is 19.7 Å². The minimum Gasteiger partial charge on any atom is -0.378 e. The van der Waals surface area contributed by atoms with Crippen molar-refractivity contribution in [3.05, 3.63) is 45.4 Å². The van der Waals surface area contributed by atoms with Gasteiger partial charge < -0.3 is 14.5 Å². The molecule has 1 fully saturated rings. The Morgan fingerprint density at radius 2 is 2.12 bits per heavy atom. The van der Waals surface area contributed by atoms with Gasteiger partial charge in [0.05, 0.1) is 23.7 Å². The van der Waals surface area contributed by atoms with Gasteiger partial charge in [-0.25, -0.2) is 0 Å². The quantitative estimate of drug-likeness (QED) is 0.858. The summed E-state index contributed by atoms with van der Waals surface area (Å²) in [5.74, 6) is 0.0851. The number of morpholine rings is 1. The Morgan fingerprint density at radius 3 is 2.79 bits per heavy atom. The van der Waals surface area contributed by atoms with E-state index in [1.165, 1.54) is 0 Å². The van der Waals surface area contributed by atoms with Gasteiger partial charge in [0.25, 0.3) is 5.91 Å². The van der Waals surface area contributed by atoms with E-state index in [-0.39, 0.29) is 12.0 Å². The van der Waals surface area contributed by atoms with Crippen LogP contribution in [0.15, 0.2) is 24.3 Å². The van der Waals surface area contributed by atoms with Gasteiger partial charge in [-0.05, 0) is 38.1 Å². The predicted octanol–water partition coefficient (Wildman–Crippen LogP) is 3.04. The number of hydrogen-bond donors (Lipinski definition) is 0. The van der Waals surface area contributed by atoms with Crippen molar-refractivity contribution in [1.82, 2.24) is 9.88 Å². The van der Waals surface area contributed by atoms with E-state index in [1.807, 2.05) is 57.1 Å². The summed E-state index contributed by atoms with van der Waals surface area (Å²) in [7, 11) is 4.02. The Balaban J connectivity index is 1.79. The second-order valence-electron chi connectivity index (χ2n) is 6.31. The first kappa shape index (κ1) is 16.9. The largest absolute Gasteiger partial charge is 0.378 e. The van der Waals surface area contributed by atoms with Crippen LogP contribution in [0.4, 0.5) is 5.69 Å². The molecule has 3 heterocycles. The normalized spacial score (nSPS) is 17.8. The molecule has 3 rings (SSSR count). The lowest BCUT2D eigenvalue weighted by Crippen LogP contribution is -2.42. The molecule has 1 atom stereocenters. The van der Waals surface area contributed by atoms with E-state index in [0.717, 1.165) is 26.8 Å². The van der Waals surface area contributed by atoms with Gasteiger partial charge in [-0.3, -0.25) is 9.78 Å². The molecular weight excluding hydrogens is 322 g/mol. The van der Waals surface area contributed by atoms with Crippen LogP contribution in [0.5, 0.6) is 0 Å². The summed E-state index contributed by atoms with van der Waals surface area (Å²) in [6.45, 7) is 5.70. The minimum atomic E-state index is -0.178. The smallest absolute Gasteiger partial charge is 0.264 e. The molecule has 0 N–H and O–H groups in total. The second kappa shape index (κ2) is 6.91. The van der Waals surface area contributed by atoms with Gasteiger partial charge in [-0.2, -0.15) is 0 Å². The standard InChI is InChI=1S/C18H23N3O2S/c1-12-9-14(20(3)4)10-15(19-12)16-11-21(7-8-23-16)18(22)17-6-5-13(2)24-17/h5-6,9-10,16H,7-8,11H2,1-4H3/t16-/m0/s1. The SMILES string of the molecule is Cc1cc(N(C)C)cc([C@@H]2CN(C(=O)c3ccc(C)s3)CCO2)n1. The van der Waals surface area contributed by atoms with Crippen molar-refractivity contribution in [2.75, 3.05) is 38.7 Å². The third kappa shape index (κ3) is 3.60. The molecule has 5 nitrogen and oxygen atoms in total.